The van der Waals surface area contributed by atoms with Crippen molar-refractivity contribution in [2.75, 3.05) is 0 Å². The third kappa shape index (κ3) is 3.66. The van der Waals surface area contributed by atoms with Crippen LogP contribution in [0.5, 0.6) is 0 Å². The van der Waals surface area contributed by atoms with Crippen LogP contribution in [0.2, 0.25) is 0 Å². The van der Waals surface area contributed by atoms with E-state index in [1.54, 1.807) is 11.1 Å². The lowest BCUT2D eigenvalue weighted by atomic mass is 9.48. The summed E-state index contributed by atoms with van der Waals surface area (Å²) in [5, 5.41) is 10.3. The average molecular weight is 413 g/mol. The smallest absolute Gasteiger partial charge is 0.0543 e. The zero-order chi connectivity index (χ0) is 21.7. The van der Waals surface area contributed by atoms with E-state index in [0.29, 0.717) is 16.7 Å². The molecule has 0 saturated heterocycles. The summed E-state index contributed by atoms with van der Waals surface area (Å²) >= 11 is 0. The van der Waals surface area contributed by atoms with E-state index in [0.717, 1.165) is 42.4 Å². The fraction of sp³-hybridized carbons (Fsp3) is 0.862. The van der Waals surface area contributed by atoms with Gasteiger partial charge in [-0.2, -0.15) is 0 Å². The number of aliphatic hydroxyl groups is 1. The number of hydrogen-bond acceptors (Lipinski definition) is 1. The average Bonchev–Trinajstić information content (AvgIpc) is 3.06. The highest BCUT2D eigenvalue weighted by Gasteiger charge is 2.55. The number of rotatable bonds is 6. The summed E-state index contributed by atoms with van der Waals surface area (Å²) in [6, 6.07) is 0. The molecule has 2 saturated carbocycles. The molecule has 0 spiro atoms. The summed E-state index contributed by atoms with van der Waals surface area (Å²) in [6.07, 6.45) is 17.9. The van der Waals surface area contributed by atoms with Crippen molar-refractivity contribution in [3.63, 3.8) is 0 Å². The maximum atomic E-state index is 10.3. The second kappa shape index (κ2) is 8.42. The summed E-state index contributed by atoms with van der Waals surface area (Å²) in [7, 11) is 0. The first kappa shape index (κ1) is 22.6. The highest BCUT2D eigenvalue weighted by molar-refractivity contribution is 5.46. The lowest BCUT2D eigenvalue weighted by Crippen LogP contribution is -2.48. The number of allylic oxidation sites excluding steroid dienone is 4. The summed E-state index contributed by atoms with van der Waals surface area (Å²) < 4.78 is 0. The zero-order valence-electron chi connectivity index (χ0n) is 20.7. The van der Waals surface area contributed by atoms with Crippen LogP contribution >= 0.6 is 0 Å². The Hall–Kier alpha value is -0.560. The van der Waals surface area contributed by atoms with E-state index in [2.05, 4.69) is 53.7 Å². The Labute approximate surface area is 186 Å². The van der Waals surface area contributed by atoms with Gasteiger partial charge in [0, 0.05) is 0 Å². The molecule has 170 valence electrons. The van der Waals surface area contributed by atoms with Gasteiger partial charge >= 0.3 is 0 Å². The molecular formula is C29H48O. The molecule has 0 aromatic carbocycles. The number of aliphatic hydroxyl groups excluding tert-OH is 1. The maximum absolute atomic E-state index is 10.3. The normalized spacial score (nSPS) is 42.7. The third-order valence-corrected chi connectivity index (χ3v) is 10.7. The first-order valence-electron chi connectivity index (χ1n) is 13.3. The molecule has 1 nitrogen and oxygen atoms in total. The van der Waals surface area contributed by atoms with Crippen molar-refractivity contribution in [3.05, 3.63) is 23.3 Å². The molecule has 0 aromatic rings. The summed E-state index contributed by atoms with van der Waals surface area (Å²) in [4.78, 5) is 0. The Bertz CT molecular complexity index is 686. The van der Waals surface area contributed by atoms with Crippen molar-refractivity contribution in [1.82, 2.24) is 0 Å². The Balaban J connectivity index is 1.49. The molecule has 0 radical (unpaired) electrons. The van der Waals surface area contributed by atoms with Gasteiger partial charge in [-0.3, -0.25) is 0 Å². The molecule has 1 N–H and O–H groups in total. The van der Waals surface area contributed by atoms with Crippen LogP contribution in [0.25, 0.3) is 0 Å². The summed E-state index contributed by atoms with van der Waals surface area (Å²) in [5.74, 6) is 4.80. The van der Waals surface area contributed by atoms with Crippen LogP contribution in [-0.4, -0.2) is 11.2 Å². The van der Waals surface area contributed by atoms with E-state index < -0.39 is 0 Å². The van der Waals surface area contributed by atoms with Gasteiger partial charge in [-0.25, -0.2) is 0 Å². The van der Waals surface area contributed by atoms with Crippen molar-refractivity contribution in [1.29, 1.82) is 0 Å². The van der Waals surface area contributed by atoms with E-state index in [1.807, 2.05) is 0 Å². The van der Waals surface area contributed by atoms with E-state index in [4.69, 9.17) is 0 Å². The van der Waals surface area contributed by atoms with Crippen LogP contribution in [-0.2, 0) is 0 Å². The lowest BCUT2D eigenvalue weighted by Gasteiger charge is -2.56. The first-order valence-corrected chi connectivity index (χ1v) is 13.3. The van der Waals surface area contributed by atoms with Crippen LogP contribution in [0, 0.1) is 46.3 Å². The largest absolute Gasteiger partial charge is 0.393 e. The Kier molecular flexibility index (Phi) is 6.35. The second-order valence-corrected chi connectivity index (χ2v) is 12.5. The maximum Gasteiger partial charge on any atom is 0.0543 e. The van der Waals surface area contributed by atoms with Gasteiger partial charge in [0.1, 0.15) is 0 Å². The van der Waals surface area contributed by atoms with Crippen molar-refractivity contribution in [2.45, 2.75) is 112 Å². The molecule has 4 aliphatic carbocycles. The van der Waals surface area contributed by atoms with Crippen LogP contribution in [0.3, 0.4) is 0 Å². The Morgan fingerprint density at radius 2 is 1.80 bits per heavy atom. The first-order chi connectivity index (χ1) is 14.2. The summed E-state index contributed by atoms with van der Waals surface area (Å²) in [6.45, 7) is 14.9. The molecule has 6 unspecified atom stereocenters. The lowest BCUT2D eigenvalue weighted by molar-refractivity contribution is -0.0262. The van der Waals surface area contributed by atoms with Crippen LogP contribution in [0.1, 0.15) is 106 Å². The SMILES string of the molecule is CCC(CCC(C)C1CC=C2C3=CC[C@H]4C[C@@H](O)CCC4(C)C3CCC21C)C(C)C. The Morgan fingerprint density at radius 1 is 1.03 bits per heavy atom. The minimum Gasteiger partial charge on any atom is -0.393 e. The predicted octanol–water partition coefficient (Wildman–Crippen LogP) is 7.94. The van der Waals surface area contributed by atoms with Gasteiger partial charge in [0.2, 0.25) is 0 Å². The molecular weight excluding hydrogens is 364 g/mol. The van der Waals surface area contributed by atoms with E-state index in [1.165, 1.54) is 51.4 Å². The van der Waals surface area contributed by atoms with Crippen molar-refractivity contribution in [2.24, 2.45) is 46.3 Å². The van der Waals surface area contributed by atoms with Crippen LogP contribution in [0.4, 0.5) is 0 Å². The van der Waals surface area contributed by atoms with Gasteiger partial charge < -0.3 is 5.11 Å². The zero-order valence-corrected chi connectivity index (χ0v) is 20.7. The minimum absolute atomic E-state index is 0.0550. The highest BCUT2D eigenvalue weighted by atomic mass is 16.3. The third-order valence-electron chi connectivity index (χ3n) is 10.7. The number of hydrogen-bond donors (Lipinski definition) is 1. The van der Waals surface area contributed by atoms with Gasteiger partial charge in [-0.05, 0) is 109 Å². The quantitative estimate of drug-likeness (QED) is 0.469. The minimum atomic E-state index is -0.0550. The highest BCUT2D eigenvalue weighted by Crippen LogP contribution is 2.65. The van der Waals surface area contributed by atoms with E-state index in [-0.39, 0.29) is 6.10 Å². The van der Waals surface area contributed by atoms with E-state index >= 15 is 0 Å². The van der Waals surface area contributed by atoms with Gasteiger partial charge in [-0.1, -0.05) is 66.5 Å². The molecule has 0 aliphatic heterocycles. The van der Waals surface area contributed by atoms with Crippen molar-refractivity contribution in [3.8, 4) is 0 Å². The van der Waals surface area contributed by atoms with Gasteiger partial charge in [0.25, 0.3) is 0 Å². The monoisotopic (exact) mass is 412 g/mol. The van der Waals surface area contributed by atoms with Gasteiger partial charge in [0.15, 0.2) is 0 Å². The molecule has 0 amide bonds. The molecule has 0 aromatic heterocycles. The van der Waals surface area contributed by atoms with Crippen molar-refractivity contribution >= 4 is 0 Å². The molecule has 0 bridgehead atoms. The number of fused-ring (bicyclic) bond motifs is 5. The molecule has 2 fully saturated rings. The van der Waals surface area contributed by atoms with Gasteiger partial charge in [-0.15, -0.1) is 0 Å². The van der Waals surface area contributed by atoms with E-state index in [9.17, 15) is 5.11 Å². The van der Waals surface area contributed by atoms with Crippen molar-refractivity contribution < 1.29 is 5.11 Å². The molecule has 30 heavy (non-hydrogen) atoms. The molecule has 8 atom stereocenters. The van der Waals surface area contributed by atoms with Gasteiger partial charge in [0.05, 0.1) is 6.10 Å². The molecule has 1 heteroatoms. The molecule has 4 rings (SSSR count). The molecule has 4 aliphatic rings. The standard InChI is InChI=1S/C29H48O/c1-7-21(19(2)3)9-8-20(4)25-12-13-26-24-11-10-22-18-23(30)14-16-28(22,5)27(24)15-17-29(25,26)6/h11,13,19-23,25,27,30H,7-10,12,14-18H2,1-6H3/t20?,21?,22-,23-,25?,27?,28?,29?/m0/s1. The second-order valence-electron chi connectivity index (χ2n) is 12.5. The predicted molar refractivity (Wildman–Crippen MR) is 128 cm³/mol. The van der Waals surface area contributed by atoms with Crippen LogP contribution in [0.15, 0.2) is 23.3 Å². The summed E-state index contributed by atoms with van der Waals surface area (Å²) in [5.41, 5.74) is 4.30. The van der Waals surface area contributed by atoms with Crippen LogP contribution < -0.4 is 0 Å². The fourth-order valence-corrected chi connectivity index (χ4v) is 8.47. The topological polar surface area (TPSA) is 20.2 Å². The Morgan fingerprint density at radius 3 is 2.50 bits per heavy atom. The molecule has 0 heterocycles. The fourth-order valence-electron chi connectivity index (χ4n) is 8.47.